The van der Waals surface area contributed by atoms with Gasteiger partial charge in [-0.2, -0.15) is 26.7 Å². The molecular weight excluding hydrogens is 369 g/mol. The molecule has 0 amide bonds. The number of hydrogen-bond donors (Lipinski definition) is 0. The maximum Gasteiger partial charge on any atom is 2.00 e. The molecule has 2 heteroatoms. The van der Waals surface area contributed by atoms with Gasteiger partial charge in [0.25, 0.3) is 0 Å². The molecule has 0 fully saturated rings. The van der Waals surface area contributed by atoms with E-state index in [9.17, 15) is 0 Å². The van der Waals surface area contributed by atoms with Gasteiger partial charge in [-0.05, 0) is 0 Å². The summed E-state index contributed by atoms with van der Waals surface area (Å²) in [5.41, 5.74) is 0. The van der Waals surface area contributed by atoms with Crippen molar-refractivity contribution in [1.29, 1.82) is 0 Å². The van der Waals surface area contributed by atoms with Crippen molar-refractivity contribution < 1.29 is 54.6 Å². The average molecular weight is 397 g/mol. The summed E-state index contributed by atoms with van der Waals surface area (Å²) in [6, 6.07) is 0. The Morgan fingerprint density at radius 1 is 0.643 bits per heavy atom. The van der Waals surface area contributed by atoms with E-state index in [0.717, 1.165) is 12.8 Å². The van der Waals surface area contributed by atoms with Crippen LogP contribution in [0.4, 0.5) is 0 Å². The summed E-state index contributed by atoms with van der Waals surface area (Å²) in [6.45, 7) is 21.4. The molecule has 14 heavy (non-hydrogen) atoms. The summed E-state index contributed by atoms with van der Waals surface area (Å²) in [5, 5.41) is 0. The molecule has 0 aromatic heterocycles. The second kappa shape index (κ2) is 83.3. The molecule has 0 aliphatic heterocycles. The van der Waals surface area contributed by atoms with Crippen LogP contribution < -0.4 is 0 Å². The third kappa shape index (κ3) is 155. The zero-order valence-corrected chi connectivity index (χ0v) is 19.1. The minimum absolute atomic E-state index is 0. The molecule has 0 spiro atoms. The van der Waals surface area contributed by atoms with Crippen LogP contribution in [0.3, 0.4) is 0 Å². The monoisotopic (exact) mass is 400 g/mol. The predicted molar refractivity (Wildman–Crippen MR) is 62.6 cm³/mol. The predicted octanol–water partition coefficient (Wildman–Crippen LogP) is 4.92. The van der Waals surface area contributed by atoms with Gasteiger partial charge >= 0.3 is 54.6 Å². The molecule has 0 N–H and O–H groups in total. The van der Waals surface area contributed by atoms with Crippen LogP contribution in [0.2, 0.25) is 0 Å². The SMILES string of the molecule is [CH2-]C.[CH2-]C.[CH2-]CCC.[CH2-]CCC.[Cd+2].[Cd+2]. The minimum Gasteiger partial charge on any atom is -0.346 e. The topological polar surface area (TPSA) is 0 Å². The molecule has 0 saturated carbocycles. The Kier molecular flexibility index (Phi) is 214. The van der Waals surface area contributed by atoms with Gasteiger partial charge in [-0.25, -0.2) is 0 Å². The molecule has 0 nitrogen and oxygen atoms in total. The first kappa shape index (κ1) is 36.0. The molecule has 0 bridgehead atoms. The van der Waals surface area contributed by atoms with Crippen molar-refractivity contribution in [1.82, 2.24) is 0 Å². The summed E-state index contributed by atoms with van der Waals surface area (Å²) >= 11 is 0. The first-order valence-corrected chi connectivity index (χ1v) is 4.83. The zero-order chi connectivity index (χ0) is 10.8. The second-order valence-electron chi connectivity index (χ2n) is 1.71. The summed E-state index contributed by atoms with van der Waals surface area (Å²) in [4.78, 5) is 0. The molecule has 0 atom stereocenters. The van der Waals surface area contributed by atoms with Gasteiger partial charge in [-0.1, -0.05) is 26.7 Å². The molecule has 0 aromatic rings. The fourth-order valence-corrected chi connectivity index (χ4v) is 0. The van der Waals surface area contributed by atoms with E-state index in [1.165, 1.54) is 12.8 Å². The largest absolute Gasteiger partial charge is 2.00 e. The maximum absolute atomic E-state index is 3.60. The Bertz CT molecular complexity index is 16.3. The van der Waals surface area contributed by atoms with Crippen molar-refractivity contribution in [3.8, 4) is 0 Å². The van der Waals surface area contributed by atoms with Crippen molar-refractivity contribution >= 4 is 0 Å². The number of rotatable bonds is 2. The fraction of sp³-hybridized carbons (Fsp3) is 0.667. The first-order valence-electron chi connectivity index (χ1n) is 4.83. The average Bonchev–Trinajstić information content (AvgIpc) is 2.23. The molecule has 0 radical (unpaired) electrons. The van der Waals surface area contributed by atoms with Crippen molar-refractivity contribution in [3.63, 3.8) is 0 Å². The molecular formula is C12H28Cd2. The van der Waals surface area contributed by atoms with Gasteiger partial charge in [0, 0.05) is 0 Å². The standard InChI is InChI=1S/2C4H9.2C2H5.2Cd/c2*1-3-4-2;2*1-2;;/h2*1,3-4H2,2H3;2*1H2,2H3;;/q4*-1;2*+2. The molecule has 0 heterocycles. The van der Waals surface area contributed by atoms with Crippen LogP contribution in [-0.4, -0.2) is 0 Å². The van der Waals surface area contributed by atoms with Crippen molar-refractivity contribution in [3.05, 3.63) is 27.7 Å². The molecule has 0 aliphatic rings. The van der Waals surface area contributed by atoms with Gasteiger partial charge in [-0.15, -0.1) is 0 Å². The van der Waals surface area contributed by atoms with E-state index >= 15 is 0 Å². The summed E-state index contributed by atoms with van der Waals surface area (Å²) in [6.07, 6.45) is 4.56. The molecule has 0 aromatic carbocycles. The summed E-state index contributed by atoms with van der Waals surface area (Å²) in [7, 11) is 0. The van der Waals surface area contributed by atoms with Crippen LogP contribution in [0.5, 0.6) is 0 Å². The van der Waals surface area contributed by atoms with Gasteiger partial charge in [0.05, 0.1) is 0 Å². The molecule has 80 valence electrons. The van der Waals surface area contributed by atoms with E-state index in [-0.39, 0.29) is 54.6 Å². The fourth-order valence-electron chi connectivity index (χ4n) is 0. The quantitative estimate of drug-likeness (QED) is 0.459. The van der Waals surface area contributed by atoms with Gasteiger partial charge in [0.15, 0.2) is 0 Å². The third-order valence-electron chi connectivity index (χ3n) is 0.707. The molecule has 0 unspecified atom stereocenters. The molecule has 0 saturated heterocycles. The van der Waals surface area contributed by atoms with Gasteiger partial charge in [0.2, 0.25) is 0 Å². The Morgan fingerprint density at radius 3 is 0.714 bits per heavy atom. The van der Waals surface area contributed by atoms with Crippen LogP contribution in [0.15, 0.2) is 0 Å². The Morgan fingerprint density at radius 2 is 0.714 bits per heavy atom. The zero-order valence-electron chi connectivity index (χ0n) is 11.1. The Hall–Kier alpha value is 1.84. The number of hydrogen-bond acceptors (Lipinski definition) is 0. The van der Waals surface area contributed by atoms with Crippen molar-refractivity contribution in [2.45, 2.75) is 53.4 Å². The summed E-state index contributed by atoms with van der Waals surface area (Å²) < 4.78 is 0. The van der Waals surface area contributed by atoms with Crippen LogP contribution in [-0.2, 0) is 54.6 Å². The Labute approximate surface area is 134 Å². The normalized spacial score (nSPS) is 5.14. The van der Waals surface area contributed by atoms with Crippen LogP contribution in [0, 0.1) is 27.7 Å². The van der Waals surface area contributed by atoms with E-state index in [1.54, 1.807) is 13.8 Å². The van der Waals surface area contributed by atoms with E-state index in [4.69, 9.17) is 0 Å². The van der Waals surface area contributed by atoms with E-state index < -0.39 is 0 Å². The van der Waals surface area contributed by atoms with Crippen LogP contribution in [0.25, 0.3) is 0 Å². The third-order valence-corrected chi connectivity index (χ3v) is 0.707. The van der Waals surface area contributed by atoms with Gasteiger partial charge in [-0.3, -0.25) is 0 Å². The molecule has 0 rings (SSSR count). The Balaban J connectivity index is -0.0000000153. The molecule has 0 aliphatic carbocycles. The van der Waals surface area contributed by atoms with E-state index in [2.05, 4.69) is 41.5 Å². The maximum atomic E-state index is 3.60. The van der Waals surface area contributed by atoms with Crippen LogP contribution in [0.1, 0.15) is 53.4 Å². The van der Waals surface area contributed by atoms with Crippen molar-refractivity contribution in [2.75, 3.05) is 0 Å². The van der Waals surface area contributed by atoms with E-state index in [0.29, 0.717) is 0 Å². The van der Waals surface area contributed by atoms with Gasteiger partial charge < -0.3 is 27.7 Å². The minimum atomic E-state index is 0. The summed E-state index contributed by atoms with van der Waals surface area (Å²) in [5.74, 6) is 0. The first-order chi connectivity index (χ1) is 5.83. The van der Waals surface area contributed by atoms with E-state index in [1.807, 2.05) is 0 Å². The van der Waals surface area contributed by atoms with Gasteiger partial charge in [0.1, 0.15) is 0 Å². The smallest absolute Gasteiger partial charge is 0.346 e. The second-order valence-corrected chi connectivity index (χ2v) is 1.71. The number of unbranched alkanes of at least 4 members (excludes halogenated alkanes) is 2. The van der Waals surface area contributed by atoms with Crippen molar-refractivity contribution in [2.24, 2.45) is 0 Å². The van der Waals surface area contributed by atoms with Crippen LogP contribution >= 0.6 is 0 Å².